The lowest BCUT2D eigenvalue weighted by atomic mass is 10.2. The molecule has 90 valence electrons. The van der Waals surface area contributed by atoms with Crippen molar-refractivity contribution < 1.29 is 0 Å². The molecule has 0 unspecified atom stereocenters. The number of thiazole rings is 1. The number of hydrogen-bond donors (Lipinski definition) is 0. The minimum atomic E-state index is 0.576. The predicted molar refractivity (Wildman–Crippen MR) is 77.3 cm³/mol. The van der Waals surface area contributed by atoms with Gasteiger partial charge in [0, 0.05) is 12.4 Å². The molecule has 1 aromatic carbocycles. The predicted octanol–water partition coefficient (Wildman–Crippen LogP) is 3.76. The first-order chi connectivity index (χ1) is 9.36. The highest BCUT2D eigenvalue weighted by Crippen LogP contribution is 2.27. The molecule has 0 N–H and O–H groups in total. The van der Waals surface area contributed by atoms with E-state index in [-0.39, 0.29) is 0 Å². The normalized spacial score (nSPS) is 11.4. The third-order valence-electron chi connectivity index (χ3n) is 2.66. The Morgan fingerprint density at radius 1 is 1.16 bits per heavy atom. The smallest absolute Gasteiger partial charge is 0.135 e. The van der Waals surface area contributed by atoms with E-state index in [0.717, 1.165) is 20.8 Å². The molecule has 0 atom stereocenters. The Morgan fingerprint density at radius 2 is 1.95 bits per heavy atom. The van der Waals surface area contributed by atoms with Crippen molar-refractivity contribution in [1.29, 1.82) is 5.26 Å². The molecule has 0 aliphatic heterocycles. The van der Waals surface area contributed by atoms with E-state index in [0.29, 0.717) is 5.57 Å². The molecular weight excluding hydrogens is 254 g/mol. The van der Waals surface area contributed by atoms with Gasteiger partial charge in [-0.05, 0) is 35.9 Å². The topological polar surface area (TPSA) is 49.6 Å². The molecule has 0 saturated carbocycles. The van der Waals surface area contributed by atoms with Gasteiger partial charge in [-0.1, -0.05) is 12.1 Å². The number of rotatable bonds is 2. The molecule has 2 heterocycles. The molecule has 0 bridgehead atoms. The maximum Gasteiger partial charge on any atom is 0.135 e. The molecule has 0 aliphatic carbocycles. The van der Waals surface area contributed by atoms with Gasteiger partial charge < -0.3 is 0 Å². The van der Waals surface area contributed by atoms with Crippen LogP contribution >= 0.6 is 11.3 Å². The second-order valence-corrected chi connectivity index (χ2v) is 4.97. The van der Waals surface area contributed by atoms with Crippen LogP contribution in [-0.2, 0) is 0 Å². The standard InChI is InChI=1S/C15H9N3S/c16-10-12(9-11-5-7-17-8-6-11)15-18-13-3-1-2-4-14(13)19-15/h1-9H/b12-9+. The van der Waals surface area contributed by atoms with Gasteiger partial charge in [0.2, 0.25) is 0 Å². The zero-order valence-corrected chi connectivity index (χ0v) is 10.8. The Balaban J connectivity index is 2.08. The lowest BCUT2D eigenvalue weighted by molar-refractivity contribution is 1.32. The molecule has 19 heavy (non-hydrogen) atoms. The van der Waals surface area contributed by atoms with Crippen molar-refractivity contribution in [1.82, 2.24) is 9.97 Å². The Kier molecular flexibility index (Phi) is 3.05. The van der Waals surface area contributed by atoms with Crippen LogP contribution in [0.25, 0.3) is 21.9 Å². The van der Waals surface area contributed by atoms with Crippen LogP contribution < -0.4 is 0 Å². The quantitative estimate of drug-likeness (QED) is 0.661. The van der Waals surface area contributed by atoms with Crippen molar-refractivity contribution in [2.75, 3.05) is 0 Å². The fraction of sp³-hybridized carbons (Fsp3) is 0. The molecule has 0 aliphatic rings. The average Bonchev–Trinajstić information content (AvgIpc) is 2.89. The van der Waals surface area contributed by atoms with Crippen LogP contribution in [0.5, 0.6) is 0 Å². The maximum atomic E-state index is 9.30. The summed E-state index contributed by atoms with van der Waals surface area (Å²) in [6.07, 6.45) is 5.25. The lowest BCUT2D eigenvalue weighted by Crippen LogP contribution is -1.80. The number of para-hydroxylation sites is 1. The molecule has 0 amide bonds. The second-order valence-electron chi connectivity index (χ2n) is 3.94. The van der Waals surface area contributed by atoms with E-state index in [2.05, 4.69) is 16.0 Å². The van der Waals surface area contributed by atoms with Crippen LogP contribution in [0.15, 0.2) is 48.8 Å². The number of hydrogen-bond acceptors (Lipinski definition) is 4. The zero-order valence-electron chi connectivity index (χ0n) is 9.95. The molecule has 3 nitrogen and oxygen atoms in total. The number of allylic oxidation sites excluding steroid dienone is 1. The minimum Gasteiger partial charge on any atom is -0.265 e. The average molecular weight is 263 g/mol. The monoisotopic (exact) mass is 263 g/mol. The van der Waals surface area contributed by atoms with Gasteiger partial charge in [-0.2, -0.15) is 5.26 Å². The Hall–Kier alpha value is -2.51. The van der Waals surface area contributed by atoms with Gasteiger partial charge in [-0.15, -0.1) is 11.3 Å². The van der Waals surface area contributed by atoms with Crippen LogP contribution in [0.4, 0.5) is 0 Å². The second kappa shape index (κ2) is 5.01. The third-order valence-corrected chi connectivity index (χ3v) is 3.73. The van der Waals surface area contributed by atoms with E-state index in [1.54, 1.807) is 12.4 Å². The van der Waals surface area contributed by atoms with E-state index >= 15 is 0 Å². The summed E-state index contributed by atoms with van der Waals surface area (Å²) < 4.78 is 1.09. The van der Waals surface area contributed by atoms with E-state index in [1.807, 2.05) is 42.5 Å². The summed E-state index contributed by atoms with van der Waals surface area (Å²) in [5.41, 5.74) is 2.46. The summed E-state index contributed by atoms with van der Waals surface area (Å²) in [7, 11) is 0. The van der Waals surface area contributed by atoms with Gasteiger partial charge in [-0.3, -0.25) is 4.98 Å². The first-order valence-corrected chi connectivity index (χ1v) is 6.56. The summed E-state index contributed by atoms with van der Waals surface area (Å²) in [5.74, 6) is 0. The fourth-order valence-corrected chi connectivity index (χ4v) is 2.69. The molecule has 0 fully saturated rings. The molecule has 0 radical (unpaired) electrons. The van der Waals surface area contributed by atoms with Crippen molar-refractivity contribution in [3.8, 4) is 6.07 Å². The van der Waals surface area contributed by atoms with E-state index in [4.69, 9.17) is 0 Å². The Bertz CT molecular complexity index is 749. The first-order valence-electron chi connectivity index (χ1n) is 5.74. The fourth-order valence-electron chi connectivity index (χ4n) is 1.76. The van der Waals surface area contributed by atoms with Gasteiger partial charge in [0.25, 0.3) is 0 Å². The Labute approximate surface area is 114 Å². The van der Waals surface area contributed by atoms with Crippen LogP contribution in [0.1, 0.15) is 10.6 Å². The molecule has 0 saturated heterocycles. The van der Waals surface area contributed by atoms with E-state index < -0.39 is 0 Å². The highest BCUT2D eigenvalue weighted by atomic mass is 32.1. The molecule has 2 aromatic heterocycles. The highest BCUT2D eigenvalue weighted by molar-refractivity contribution is 7.19. The maximum absolute atomic E-state index is 9.30. The molecule has 3 rings (SSSR count). The lowest BCUT2D eigenvalue weighted by Gasteiger charge is -1.93. The summed E-state index contributed by atoms with van der Waals surface area (Å²) in [5, 5.41) is 10.0. The summed E-state index contributed by atoms with van der Waals surface area (Å²) in [6.45, 7) is 0. The van der Waals surface area contributed by atoms with Gasteiger partial charge in [-0.25, -0.2) is 4.98 Å². The SMILES string of the molecule is N#C/C(=C\c1ccncc1)c1nc2ccccc2s1. The van der Waals surface area contributed by atoms with E-state index in [1.165, 1.54) is 11.3 Å². The summed E-state index contributed by atoms with van der Waals surface area (Å²) in [6, 6.07) is 13.8. The van der Waals surface area contributed by atoms with Crippen molar-refractivity contribution in [3.63, 3.8) is 0 Å². The Morgan fingerprint density at radius 3 is 2.68 bits per heavy atom. The molecule has 4 heteroatoms. The molecular formula is C15H9N3S. The van der Waals surface area contributed by atoms with Crippen LogP contribution in [-0.4, -0.2) is 9.97 Å². The number of fused-ring (bicyclic) bond motifs is 1. The number of pyridine rings is 1. The molecule has 0 spiro atoms. The van der Waals surface area contributed by atoms with Gasteiger partial charge in [0.05, 0.1) is 15.8 Å². The zero-order chi connectivity index (χ0) is 13.1. The van der Waals surface area contributed by atoms with Gasteiger partial charge in [0.1, 0.15) is 11.1 Å². The van der Waals surface area contributed by atoms with Crippen molar-refractivity contribution in [3.05, 3.63) is 59.4 Å². The van der Waals surface area contributed by atoms with Crippen molar-refractivity contribution in [2.24, 2.45) is 0 Å². The van der Waals surface area contributed by atoms with Crippen molar-refractivity contribution in [2.45, 2.75) is 0 Å². The summed E-state index contributed by atoms with van der Waals surface area (Å²) >= 11 is 1.53. The van der Waals surface area contributed by atoms with Gasteiger partial charge in [0.15, 0.2) is 0 Å². The third kappa shape index (κ3) is 2.37. The van der Waals surface area contributed by atoms with E-state index in [9.17, 15) is 5.26 Å². The van der Waals surface area contributed by atoms with Crippen LogP contribution in [0, 0.1) is 11.3 Å². The van der Waals surface area contributed by atoms with Crippen molar-refractivity contribution >= 4 is 33.2 Å². The van der Waals surface area contributed by atoms with Crippen LogP contribution in [0.3, 0.4) is 0 Å². The number of benzene rings is 1. The van der Waals surface area contributed by atoms with Gasteiger partial charge >= 0.3 is 0 Å². The number of nitrogens with zero attached hydrogens (tertiary/aromatic N) is 3. The number of nitriles is 1. The molecule has 3 aromatic rings. The van der Waals surface area contributed by atoms with Crippen LogP contribution in [0.2, 0.25) is 0 Å². The highest BCUT2D eigenvalue weighted by Gasteiger charge is 2.08. The minimum absolute atomic E-state index is 0.576. The number of aromatic nitrogens is 2. The largest absolute Gasteiger partial charge is 0.265 e. The first kappa shape index (κ1) is 11.6. The summed E-state index contributed by atoms with van der Waals surface area (Å²) in [4.78, 5) is 8.45.